The van der Waals surface area contributed by atoms with Gasteiger partial charge >= 0.3 is 5.97 Å². The van der Waals surface area contributed by atoms with Gasteiger partial charge in [0.25, 0.3) is 0 Å². The Labute approximate surface area is 133 Å². The summed E-state index contributed by atoms with van der Waals surface area (Å²) in [5.74, 6) is -1.67. The molecule has 1 heterocycles. The van der Waals surface area contributed by atoms with Crippen molar-refractivity contribution >= 4 is 17.7 Å². The highest BCUT2D eigenvalue weighted by molar-refractivity contribution is 6.07. The van der Waals surface area contributed by atoms with E-state index in [1.54, 1.807) is 24.3 Å². The van der Waals surface area contributed by atoms with Gasteiger partial charge in [-0.25, -0.2) is 0 Å². The Morgan fingerprint density at radius 3 is 2.39 bits per heavy atom. The zero-order valence-corrected chi connectivity index (χ0v) is 12.9. The molecule has 6 heteroatoms. The minimum absolute atomic E-state index is 0.0151. The summed E-state index contributed by atoms with van der Waals surface area (Å²) in [7, 11) is 0. The number of amides is 1. The van der Waals surface area contributed by atoms with Crippen LogP contribution in [0.15, 0.2) is 36.4 Å². The number of aliphatic carboxylic acids is 1. The number of aryl methyl sites for hydroxylation is 1. The zero-order chi connectivity index (χ0) is 17.0. The van der Waals surface area contributed by atoms with Crippen LogP contribution in [0.25, 0.3) is 0 Å². The number of rotatable bonds is 6. The number of ketones is 1. The number of carbonyl (C=O) groups excluding carboxylic acids is 2. The second-order valence-electron chi connectivity index (χ2n) is 5.40. The molecule has 0 spiro atoms. The Bertz CT molecular complexity index is 731. The van der Waals surface area contributed by atoms with E-state index in [1.807, 2.05) is 19.1 Å². The summed E-state index contributed by atoms with van der Waals surface area (Å²) in [6.45, 7) is 3.33. The normalized spacial score (nSPS) is 11.7. The molecule has 3 N–H and O–H groups in total. The number of nitrogens with one attached hydrogen (secondary N) is 2. The second-order valence-corrected chi connectivity index (χ2v) is 5.40. The van der Waals surface area contributed by atoms with Crippen molar-refractivity contribution in [3.63, 3.8) is 0 Å². The molecular formula is C17H18N2O4. The average molecular weight is 314 g/mol. The van der Waals surface area contributed by atoms with Crippen LogP contribution in [0, 0.1) is 6.92 Å². The lowest BCUT2D eigenvalue weighted by Crippen LogP contribution is -2.39. The van der Waals surface area contributed by atoms with E-state index >= 15 is 0 Å². The van der Waals surface area contributed by atoms with Crippen molar-refractivity contribution in [1.82, 2.24) is 10.3 Å². The smallest absolute Gasteiger partial charge is 0.325 e. The number of H-pyrrole nitrogens is 1. The van der Waals surface area contributed by atoms with E-state index in [0.717, 1.165) is 5.56 Å². The molecule has 0 bridgehead atoms. The van der Waals surface area contributed by atoms with Crippen LogP contribution in [0.2, 0.25) is 0 Å². The maximum absolute atomic E-state index is 12.3. The minimum Gasteiger partial charge on any atom is -0.480 e. The fourth-order valence-corrected chi connectivity index (χ4v) is 2.06. The van der Waals surface area contributed by atoms with Crippen molar-refractivity contribution in [3.8, 4) is 0 Å². The molecule has 0 saturated carbocycles. The third-order valence-electron chi connectivity index (χ3n) is 3.40. The van der Waals surface area contributed by atoms with Gasteiger partial charge in [0, 0.05) is 11.3 Å². The van der Waals surface area contributed by atoms with Gasteiger partial charge in [-0.1, -0.05) is 29.8 Å². The first-order chi connectivity index (χ1) is 10.9. The Balaban J connectivity index is 2.03. The van der Waals surface area contributed by atoms with Crippen LogP contribution in [0.3, 0.4) is 0 Å². The van der Waals surface area contributed by atoms with Crippen molar-refractivity contribution in [1.29, 1.82) is 0 Å². The van der Waals surface area contributed by atoms with E-state index in [-0.39, 0.29) is 12.2 Å². The van der Waals surface area contributed by atoms with E-state index in [4.69, 9.17) is 5.11 Å². The van der Waals surface area contributed by atoms with Crippen LogP contribution in [0.5, 0.6) is 0 Å². The molecule has 0 saturated heterocycles. The fourth-order valence-electron chi connectivity index (χ4n) is 2.06. The summed E-state index contributed by atoms with van der Waals surface area (Å²) in [6.07, 6.45) is -0.0151. The van der Waals surface area contributed by atoms with Crippen LogP contribution in [0.4, 0.5) is 0 Å². The maximum Gasteiger partial charge on any atom is 0.325 e. The van der Waals surface area contributed by atoms with E-state index in [2.05, 4.69) is 10.3 Å². The van der Waals surface area contributed by atoms with E-state index in [1.165, 1.54) is 6.92 Å². The van der Waals surface area contributed by atoms with Gasteiger partial charge in [-0.05, 0) is 26.0 Å². The summed E-state index contributed by atoms with van der Waals surface area (Å²) in [4.78, 5) is 37.6. The molecule has 0 fully saturated rings. The first kappa shape index (κ1) is 16.5. The highest BCUT2D eigenvalue weighted by Crippen LogP contribution is 2.11. The molecule has 0 radical (unpaired) electrons. The quantitative estimate of drug-likeness (QED) is 0.706. The highest BCUT2D eigenvalue weighted by Gasteiger charge is 2.16. The van der Waals surface area contributed by atoms with Crippen LogP contribution >= 0.6 is 0 Å². The summed E-state index contributed by atoms with van der Waals surface area (Å²) >= 11 is 0. The topological polar surface area (TPSA) is 99.3 Å². The molecule has 120 valence electrons. The summed E-state index contributed by atoms with van der Waals surface area (Å²) in [5, 5.41) is 11.1. The van der Waals surface area contributed by atoms with E-state index < -0.39 is 17.9 Å². The molecule has 0 aliphatic rings. The maximum atomic E-state index is 12.3. The molecule has 1 amide bonds. The number of carboxylic acid groups (broad SMARTS) is 1. The van der Waals surface area contributed by atoms with Crippen molar-refractivity contribution in [3.05, 3.63) is 58.9 Å². The summed E-state index contributed by atoms with van der Waals surface area (Å²) < 4.78 is 0. The van der Waals surface area contributed by atoms with Crippen molar-refractivity contribution in [2.45, 2.75) is 26.3 Å². The molecule has 0 aliphatic heterocycles. The lowest BCUT2D eigenvalue weighted by molar-refractivity contribution is -0.141. The number of hydrogen-bond acceptors (Lipinski definition) is 3. The highest BCUT2D eigenvalue weighted by atomic mass is 16.4. The Morgan fingerprint density at radius 2 is 1.78 bits per heavy atom. The molecule has 6 nitrogen and oxygen atoms in total. The van der Waals surface area contributed by atoms with E-state index in [0.29, 0.717) is 17.0 Å². The van der Waals surface area contributed by atoms with Gasteiger partial charge in [0.15, 0.2) is 0 Å². The monoisotopic (exact) mass is 314 g/mol. The number of aromatic amines is 1. The van der Waals surface area contributed by atoms with Gasteiger partial charge in [-0.3, -0.25) is 14.4 Å². The van der Waals surface area contributed by atoms with E-state index in [9.17, 15) is 14.4 Å². The average Bonchev–Trinajstić information content (AvgIpc) is 2.95. The first-order valence-electron chi connectivity index (χ1n) is 7.18. The first-order valence-corrected chi connectivity index (χ1v) is 7.18. The SMILES string of the molecule is Cc1ccc(C(=O)c2ccc(CC(=O)NC(C)C(=O)O)[nH]2)cc1. The third-order valence-corrected chi connectivity index (χ3v) is 3.40. The Hall–Kier alpha value is -2.89. The lowest BCUT2D eigenvalue weighted by Gasteiger charge is -2.08. The molecule has 1 unspecified atom stereocenters. The van der Waals surface area contributed by atoms with Gasteiger partial charge in [0.2, 0.25) is 11.7 Å². The zero-order valence-electron chi connectivity index (χ0n) is 12.9. The lowest BCUT2D eigenvalue weighted by atomic mass is 10.1. The second kappa shape index (κ2) is 6.91. The Morgan fingerprint density at radius 1 is 1.13 bits per heavy atom. The molecule has 23 heavy (non-hydrogen) atoms. The van der Waals surface area contributed by atoms with Crippen LogP contribution in [0.1, 0.15) is 34.2 Å². The molecule has 1 aromatic carbocycles. The number of carbonyl (C=O) groups is 3. The number of aromatic nitrogens is 1. The number of benzene rings is 1. The molecule has 1 atom stereocenters. The van der Waals surface area contributed by atoms with Crippen LogP contribution < -0.4 is 5.32 Å². The summed E-state index contributed by atoms with van der Waals surface area (Å²) in [5.41, 5.74) is 2.57. The molecule has 0 aliphatic carbocycles. The number of hydrogen-bond donors (Lipinski definition) is 3. The van der Waals surface area contributed by atoms with Crippen LogP contribution in [-0.2, 0) is 16.0 Å². The van der Waals surface area contributed by atoms with Gasteiger partial charge in [0.05, 0.1) is 12.1 Å². The standard InChI is InChI=1S/C17H18N2O4/c1-10-3-5-12(6-4-10)16(21)14-8-7-13(19-14)9-15(20)18-11(2)17(22)23/h3-8,11,19H,9H2,1-2H3,(H,18,20)(H,22,23). The largest absolute Gasteiger partial charge is 0.480 e. The predicted molar refractivity (Wildman–Crippen MR) is 84.3 cm³/mol. The van der Waals surface area contributed by atoms with Gasteiger partial charge in [-0.2, -0.15) is 0 Å². The Kier molecular flexibility index (Phi) is 4.95. The van der Waals surface area contributed by atoms with Crippen molar-refractivity contribution in [2.24, 2.45) is 0 Å². The van der Waals surface area contributed by atoms with Gasteiger partial charge in [0.1, 0.15) is 6.04 Å². The fraction of sp³-hybridized carbons (Fsp3) is 0.235. The molecular weight excluding hydrogens is 296 g/mol. The minimum atomic E-state index is -1.10. The van der Waals surface area contributed by atoms with Crippen LogP contribution in [-0.4, -0.2) is 33.8 Å². The third kappa shape index (κ3) is 4.29. The van der Waals surface area contributed by atoms with Gasteiger partial charge in [-0.15, -0.1) is 0 Å². The number of carboxylic acids is 1. The van der Waals surface area contributed by atoms with Crippen molar-refractivity contribution in [2.75, 3.05) is 0 Å². The van der Waals surface area contributed by atoms with Crippen molar-refractivity contribution < 1.29 is 19.5 Å². The predicted octanol–water partition coefficient (Wildman–Crippen LogP) is 1.69. The molecule has 2 rings (SSSR count). The van der Waals surface area contributed by atoms with Gasteiger partial charge < -0.3 is 15.4 Å². The summed E-state index contributed by atoms with van der Waals surface area (Å²) in [6, 6.07) is 9.53. The molecule has 1 aromatic heterocycles. The molecule has 2 aromatic rings.